The Hall–Kier alpha value is -1.24. The Morgan fingerprint density at radius 2 is 0.571 bits per heavy atom. The first-order valence-corrected chi connectivity index (χ1v) is 5.88. The molecule has 0 aliphatic rings. The number of carbonyl (C=O) groups is 4. The molecule has 8 nitrogen and oxygen atoms in total. The van der Waals surface area contributed by atoms with Gasteiger partial charge in [0.05, 0.1) is 0 Å². The number of carboxylic acid groups (broad SMARTS) is 4. The summed E-state index contributed by atoms with van der Waals surface area (Å²) in [6, 6.07) is 0. The van der Waals surface area contributed by atoms with Gasteiger partial charge in [0.15, 0.2) is 0 Å². The Balaban J connectivity index is -0.0000000533. The largest absolute Gasteiger partial charge is 4.00 e. The average Bonchev–Trinajstić information content (AvgIpc) is 2.40. The number of hydrogen-bond donors (Lipinski definition) is 0. The second-order valence-corrected chi connectivity index (χ2v) is 2.90. The standard InChI is InChI=1S/4C3H6O2.Zr/c4*1-2-3(4)5;/h4*2H2,1H3,(H,4,5);/q;;;;+4/p-4. The first-order chi connectivity index (χ1) is 9.08. The molecule has 0 spiro atoms. The molecule has 0 atom stereocenters. The summed E-state index contributed by atoms with van der Waals surface area (Å²) in [5.74, 6) is -3.98. The molecule has 0 fully saturated rings. The van der Waals surface area contributed by atoms with Gasteiger partial charge in [-0.2, -0.15) is 0 Å². The number of carboxylic acids is 4. The van der Waals surface area contributed by atoms with Gasteiger partial charge in [-0.1, -0.05) is 27.7 Å². The molecule has 0 heterocycles. The molecule has 21 heavy (non-hydrogen) atoms. The molecule has 0 aromatic carbocycles. The second-order valence-electron chi connectivity index (χ2n) is 2.90. The Bertz CT molecular complexity index is 222. The molecule has 0 aliphatic carbocycles. The molecule has 0 radical (unpaired) electrons. The Kier molecular flexibility index (Phi) is 41.3. The number of rotatable bonds is 4. The van der Waals surface area contributed by atoms with Crippen molar-refractivity contribution in [3.05, 3.63) is 0 Å². The molecular formula is C12H20O8Zr. The van der Waals surface area contributed by atoms with Crippen molar-refractivity contribution in [1.82, 2.24) is 0 Å². The summed E-state index contributed by atoms with van der Waals surface area (Å²) >= 11 is 0. The van der Waals surface area contributed by atoms with Crippen LogP contribution < -0.4 is 20.4 Å². The maximum atomic E-state index is 9.26. The third-order valence-electron chi connectivity index (χ3n) is 1.15. The van der Waals surface area contributed by atoms with E-state index in [0.717, 1.165) is 0 Å². The van der Waals surface area contributed by atoms with E-state index in [9.17, 15) is 39.6 Å². The van der Waals surface area contributed by atoms with Crippen LogP contribution in [0.2, 0.25) is 0 Å². The molecule has 0 saturated heterocycles. The van der Waals surface area contributed by atoms with Gasteiger partial charge in [-0.05, 0) is 25.7 Å². The minimum Gasteiger partial charge on any atom is -0.550 e. The first kappa shape index (κ1) is 31.9. The molecule has 0 amide bonds. The van der Waals surface area contributed by atoms with Crippen molar-refractivity contribution in [1.29, 1.82) is 0 Å². The maximum absolute atomic E-state index is 9.26. The van der Waals surface area contributed by atoms with Crippen molar-refractivity contribution in [2.75, 3.05) is 0 Å². The molecule has 0 aromatic heterocycles. The predicted octanol–water partition coefficient (Wildman–Crippen LogP) is -3.42. The molecule has 9 heteroatoms. The summed E-state index contributed by atoms with van der Waals surface area (Å²) in [6.45, 7) is 6.15. The minimum absolute atomic E-state index is 0. The molecule has 0 aromatic rings. The van der Waals surface area contributed by atoms with E-state index in [1.54, 1.807) is 0 Å². The van der Waals surface area contributed by atoms with Crippen molar-refractivity contribution in [3.8, 4) is 0 Å². The molecule has 0 bridgehead atoms. The Morgan fingerprint density at radius 3 is 0.571 bits per heavy atom. The van der Waals surface area contributed by atoms with Crippen LogP contribution >= 0.6 is 0 Å². The van der Waals surface area contributed by atoms with E-state index in [2.05, 4.69) is 0 Å². The molecule has 0 rings (SSSR count). The summed E-state index contributed by atoms with van der Waals surface area (Å²) < 4.78 is 0. The van der Waals surface area contributed by atoms with E-state index >= 15 is 0 Å². The van der Waals surface area contributed by atoms with Gasteiger partial charge in [0, 0.05) is 23.9 Å². The Morgan fingerprint density at radius 1 is 0.524 bits per heavy atom. The van der Waals surface area contributed by atoms with Crippen LogP contribution in [0.1, 0.15) is 53.4 Å². The van der Waals surface area contributed by atoms with E-state index in [-0.39, 0.29) is 51.9 Å². The normalized spacial score (nSPS) is 7.05. The zero-order valence-corrected chi connectivity index (χ0v) is 15.1. The molecule has 120 valence electrons. The monoisotopic (exact) mass is 382 g/mol. The molecular weight excluding hydrogens is 363 g/mol. The fraction of sp³-hybridized carbons (Fsp3) is 0.667. The van der Waals surface area contributed by atoms with Crippen LogP contribution in [0.15, 0.2) is 0 Å². The zero-order chi connectivity index (χ0) is 17.1. The molecule has 0 unspecified atom stereocenters. The van der Waals surface area contributed by atoms with Crippen LogP contribution in [0.25, 0.3) is 0 Å². The van der Waals surface area contributed by atoms with E-state index in [4.69, 9.17) is 0 Å². The molecule has 0 saturated carbocycles. The molecule has 0 N–H and O–H groups in total. The van der Waals surface area contributed by atoms with Gasteiger partial charge in [-0.3, -0.25) is 0 Å². The number of aliphatic carboxylic acids is 4. The van der Waals surface area contributed by atoms with Gasteiger partial charge >= 0.3 is 26.2 Å². The number of carbonyl (C=O) groups excluding carboxylic acids is 4. The van der Waals surface area contributed by atoms with E-state index < -0.39 is 23.9 Å². The van der Waals surface area contributed by atoms with Crippen molar-refractivity contribution in [3.63, 3.8) is 0 Å². The van der Waals surface area contributed by atoms with E-state index in [1.807, 2.05) is 0 Å². The van der Waals surface area contributed by atoms with Crippen LogP contribution in [0.3, 0.4) is 0 Å². The number of hydrogen-bond acceptors (Lipinski definition) is 8. The fourth-order valence-corrected chi connectivity index (χ4v) is 0. The van der Waals surface area contributed by atoms with Gasteiger partial charge in [0.25, 0.3) is 0 Å². The SMILES string of the molecule is CCC(=O)[O-].CCC(=O)[O-].CCC(=O)[O-].CCC(=O)[O-].[Zr+4]. The maximum Gasteiger partial charge on any atom is 4.00 e. The first-order valence-electron chi connectivity index (χ1n) is 5.88. The van der Waals surface area contributed by atoms with Crippen molar-refractivity contribution >= 4 is 23.9 Å². The zero-order valence-electron chi connectivity index (χ0n) is 12.6. The van der Waals surface area contributed by atoms with Crippen LogP contribution in [-0.2, 0) is 45.4 Å². The quantitative estimate of drug-likeness (QED) is 0.485. The van der Waals surface area contributed by atoms with Gasteiger partial charge in [-0.25, -0.2) is 0 Å². The van der Waals surface area contributed by atoms with Gasteiger partial charge in [0.2, 0.25) is 0 Å². The van der Waals surface area contributed by atoms with Crippen LogP contribution in [0, 0.1) is 0 Å². The third kappa shape index (κ3) is 115. The third-order valence-corrected chi connectivity index (χ3v) is 1.15. The van der Waals surface area contributed by atoms with Gasteiger partial charge < -0.3 is 39.6 Å². The topological polar surface area (TPSA) is 161 Å². The summed E-state index contributed by atoms with van der Waals surface area (Å²) in [7, 11) is 0. The average molecular weight is 384 g/mol. The van der Waals surface area contributed by atoms with E-state index in [1.165, 1.54) is 27.7 Å². The van der Waals surface area contributed by atoms with Crippen molar-refractivity contribution in [2.45, 2.75) is 53.4 Å². The summed E-state index contributed by atoms with van der Waals surface area (Å²) in [5.41, 5.74) is 0. The molecule has 0 aliphatic heterocycles. The fourth-order valence-electron chi connectivity index (χ4n) is 0. The van der Waals surface area contributed by atoms with Crippen molar-refractivity contribution < 1.29 is 65.8 Å². The van der Waals surface area contributed by atoms with Gasteiger partial charge in [-0.15, -0.1) is 0 Å². The summed E-state index contributed by atoms with van der Waals surface area (Å²) in [5, 5.41) is 37.0. The van der Waals surface area contributed by atoms with Gasteiger partial charge in [0.1, 0.15) is 0 Å². The summed E-state index contributed by atoms with van der Waals surface area (Å²) in [6.07, 6.45) is 0.444. The van der Waals surface area contributed by atoms with E-state index in [0.29, 0.717) is 0 Å². The van der Waals surface area contributed by atoms with Crippen LogP contribution in [0.5, 0.6) is 0 Å². The predicted molar refractivity (Wildman–Crippen MR) is 61.2 cm³/mol. The second kappa shape index (κ2) is 27.2. The van der Waals surface area contributed by atoms with Crippen molar-refractivity contribution in [2.24, 2.45) is 0 Å². The van der Waals surface area contributed by atoms with Crippen LogP contribution in [0.4, 0.5) is 0 Å². The smallest absolute Gasteiger partial charge is 0.550 e. The summed E-state index contributed by atoms with van der Waals surface area (Å²) in [4.78, 5) is 37.0. The minimum atomic E-state index is -0.995. The Labute approximate surface area is 143 Å². The van der Waals surface area contributed by atoms with Crippen LogP contribution in [-0.4, -0.2) is 23.9 Å².